The molecule has 0 aliphatic heterocycles. The quantitative estimate of drug-likeness (QED) is 0.157. The zero-order valence-corrected chi connectivity index (χ0v) is 32.4. The molecule has 0 bridgehead atoms. The van der Waals surface area contributed by atoms with Crippen LogP contribution in [0.25, 0.3) is 32.3 Å². The Bertz CT molecular complexity index is 2490. The molecule has 6 aliphatic carbocycles. The third-order valence-corrected chi connectivity index (χ3v) is 16.1. The number of fused-ring (bicyclic) bond motifs is 9. The van der Waals surface area contributed by atoms with Crippen LogP contribution in [0.1, 0.15) is 118 Å². The van der Waals surface area contributed by atoms with E-state index in [1.54, 1.807) is 66.8 Å². The SMILES string of the molecule is c1c2c(cc3c1CCC(C1CCc4cc5cc6c(cc5cc4C1)CC(C1CCc4cc5cc7cc8c(cc7cc5cc4C1)CCCC8)CC6)C3)CCCC2. The Balaban J connectivity index is 0.771. The van der Waals surface area contributed by atoms with Crippen molar-refractivity contribution in [2.75, 3.05) is 0 Å². The smallest absolute Gasteiger partial charge is 0.0175 e. The topological polar surface area (TPSA) is 0 Å². The summed E-state index contributed by atoms with van der Waals surface area (Å²) in [6, 6.07) is 31.0. The first-order valence-electron chi connectivity index (χ1n) is 22.4. The van der Waals surface area contributed by atoms with Crippen molar-refractivity contribution in [1.29, 1.82) is 0 Å². The second kappa shape index (κ2) is 12.8. The van der Waals surface area contributed by atoms with Crippen molar-refractivity contribution in [3.8, 4) is 0 Å². The van der Waals surface area contributed by atoms with Gasteiger partial charge in [-0.2, -0.15) is 0 Å². The van der Waals surface area contributed by atoms with Crippen LogP contribution in [0.15, 0.2) is 72.8 Å². The summed E-state index contributed by atoms with van der Waals surface area (Å²) in [5, 5.41) is 8.82. The predicted molar refractivity (Wildman–Crippen MR) is 227 cm³/mol. The third-order valence-electron chi connectivity index (χ3n) is 16.1. The molecule has 4 unspecified atom stereocenters. The molecule has 0 saturated heterocycles. The zero-order valence-electron chi connectivity index (χ0n) is 32.4. The number of benzene rings is 6. The van der Waals surface area contributed by atoms with Crippen LogP contribution in [0.2, 0.25) is 0 Å². The Morgan fingerprint density at radius 1 is 0.222 bits per heavy atom. The maximum Gasteiger partial charge on any atom is -0.0175 e. The fourth-order valence-electron chi connectivity index (χ4n) is 13.0. The van der Waals surface area contributed by atoms with Crippen LogP contribution in [0.5, 0.6) is 0 Å². The van der Waals surface area contributed by atoms with Gasteiger partial charge in [-0.25, -0.2) is 0 Å². The molecule has 0 heterocycles. The molecule has 272 valence electrons. The van der Waals surface area contributed by atoms with Crippen molar-refractivity contribution >= 4 is 32.3 Å². The van der Waals surface area contributed by atoms with Crippen LogP contribution in [0.4, 0.5) is 0 Å². The second-order valence-corrected chi connectivity index (χ2v) is 19.2. The molecule has 6 aromatic carbocycles. The van der Waals surface area contributed by atoms with Gasteiger partial charge in [-0.1, -0.05) is 60.7 Å². The highest BCUT2D eigenvalue weighted by molar-refractivity contribution is 5.99. The van der Waals surface area contributed by atoms with E-state index < -0.39 is 0 Å². The fourth-order valence-corrected chi connectivity index (χ4v) is 13.0. The standard InChI is InChI=1S/C54H56/c1-2-6-34-18-45-21-37(9-13-41(45)17-33(34)5-1)38-10-14-42-25-49-26-43-15-11-39(23-47(43)29-53(49)28-46(42)22-38)40-12-16-44-27-52-31-50-19-35-7-3-4-8-36(35)20-51(50)32-54(52)30-48(44)24-40/h17-20,25-32,37-40H,1-16,21-24H2. The molecule has 0 amide bonds. The van der Waals surface area contributed by atoms with Gasteiger partial charge in [-0.15, -0.1) is 0 Å². The fraction of sp³-hybridized carbons (Fsp3) is 0.444. The summed E-state index contributed by atoms with van der Waals surface area (Å²) >= 11 is 0. The molecule has 0 radical (unpaired) electrons. The molecular weight excluding hydrogens is 649 g/mol. The summed E-state index contributed by atoms with van der Waals surface area (Å²) in [5.41, 5.74) is 19.8. The van der Waals surface area contributed by atoms with Gasteiger partial charge in [0.2, 0.25) is 0 Å². The number of hydrogen-bond donors (Lipinski definition) is 0. The molecule has 0 fully saturated rings. The Morgan fingerprint density at radius 3 is 0.796 bits per heavy atom. The molecule has 0 N–H and O–H groups in total. The average molecular weight is 705 g/mol. The minimum Gasteiger partial charge on any atom is -0.0553 e. The van der Waals surface area contributed by atoms with E-state index in [1.165, 1.54) is 161 Å². The lowest BCUT2D eigenvalue weighted by molar-refractivity contribution is 0.270. The summed E-state index contributed by atoms with van der Waals surface area (Å²) in [4.78, 5) is 0. The van der Waals surface area contributed by atoms with Gasteiger partial charge in [0, 0.05) is 0 Å². The van der Waals surface area contributed by atoms with Crippen molar-refractivity contribution in [1.82, 2.24) is 0 Å². The molecule has 6 aliphatic rings. The lowest BCUT2D eigenvalue weighted by atomic mass is 9.69. The Morgan fingerprint density at radius 2 is 0.444 bits per heavy atom. The highest BCUT2D eigenvalue weighted by Gasteiger charge is 2.32. The van der Waals surface area contributed by atoms with E-state index in [0.29, 0.717) is 0 Å². The Labute approximate surface area is 322 Å². The largest absolute Gasteiger partial charge is 0.0553 e. The highest BCUT2D eigenvalue weighted by Crippen LogP contribution is 2.43. The molecule has 54 heavy (non-hydrogen) atoms. The first-order valence-corrected chi connectivity index (χ1v) is 22.4. The van der Waals surface area contributed by atoms with E-state index in [0.717, 1.165) is 23.7 Å². The van der Waals surface area contributed by atoms with E-state index in [-0.39, 0.29) is 0 Å². The van der Waals surface area contributed by atoms with Gasteiger partial charge in [-0.3, -0.25) is 0 Å². The summed E-state index contributed by atoms with van der Waals surface area (Å²) in [5.74, 6) is 3.32. The summed E-state index contributed by atoms with van der Waals surface area (Å²) < 4.78 is 0. The molecule has 0 spiro atoms. The van der Waals surface area contributed by atoms with Crippen molar-refractivity contribution < 1.29 is 0 Å². The van der Waals surface area contributed by atoms with Crippen LogP contribution in [0, 0.1) is 23.7 Å². The maximum absolute atomic E-state index is 2.65. The van der Waals surface area contributed by atoms with Crippen molar-refractivity contribution in [3.63, 3.8) is 0 Å². The van der Waals surface area contributed by atoms with E-state index >= 15 is 0 Å². The minimum atomic E-state index is 0.807. The molecular formula is C54H56. The lowest BCUT2D eigenvalue weighted by Gasteiger charge is -2.36. The molecule has 4 atom stereocenters. The molecule has 0 heteroatoms. The van der Waals surface area contributed by atoms with Gasteiger partial charge in [0.25, 0.3) is 0 Å². The highest BCUT2D eigenvalue weighted by atomic mass is 14.4. The van der Waals surface area contributed by atoms with Crippen molar-refractivity contribution in [2.45, 2.75) is 128 Å². The summed E-state index contributed by atoms with van der Waals surface area (Å²) in [7, 11) is 0. The molecule has 0 aromatic heterocycles. The van der Waals surface area contributed by atoms with Crippen LogP contribution in [0.3, 0.4) is 0 Å². The van der Waals surface area contributed by atoms with Gasteiger partial charge < -0.3 is 0 Å². The van der Waals surface area contributed by atoms with Gasteiger partial charge >= 0.3 is 0 Å². The number of aryl methyl sites for hydroxylation is 8. The summed E-state index contributed by atoms with van der Waals surface area (Å²) in [6.07, 6.45) is 26.4. The van der Waals surface area contributed by atoms with E-state index in [1.807, 2.05) is 0 Å². The average Bonchev–Trinajstić information content (AvgIpc) is 3.21. The normalized spacial score (nSPS) is 24.7. The first kappa shape index (κ1) is 32.4. The van der Waals surface area contributed by atoms with E-state index in [4.69, 9.17) is 0 Å². The first-order chi connectivity index (χ1) is 26.6. The predicted octanol–water partition coefficient (Wildman–Crippen LogP) is 12.7. The Kier molecular flexibility index (Phi) is 7.69. The van der Waals surface area contributed by atoms with Crippen molar-refractivity contribution in [2.24, 2.45) is 23.7 Å². The molecule has 0 saturated carbocycles. The maximum atomic E-state index is 2.65. The van der Waals surface area contributed by atoms with Crippen LogP contribution < -0.4 is 0 Å². The van der Waals surface area contributed by atoms with E-state index in [9.17, 15) is 0 Å². The van der Waals surface area contributed by atoms with Crippen LogP contribution in [-0.2, 0) is 77.0 Å². The number of rotatable bonds is 2. The van der Waals surface area contributed by atoms with Crippen molar-refractivity contribution in [3.05, 3.63) is 140 Å². The Hall–Kier alpha value is -3.90. The molecule has 0 nitrogen and oxygen atoms in total. The van der Waals surface area contributed by atoms with Gasteiger partial charge in [0.05, 0.1) is 0 Å². The van der Waals surface area contributed by atoms with Gasteiger partial charge in [0.1, 0.15) is 0 Å². The number of hydrogen-bond acceptors (Lipinski definition) is 0. The van der Waals surface area contributed by atoms with Gasteiger partial charge in [0.15, 0.2) is 0 Å². The van der Waals surface area contributed by atoms with Crippen LogP contribution in [-0.4, -0.2) is 0 Å². The van der Waals surface area contributed by atoms with E-state index in [2.05, 4.69) is 72.8 Å². The van der Waals surface area contributed by atoms with Gasteiger partial charge in [-0.05, 0) is 263 Å². The third kappa shape index (κ3) is 5.59. The summed E-state index contributed by atoms with van der Waals surface area (Å²) in [6.45, 7) is 0. The molecule has 6 aromatic rings. The zero-order chi connectivity index (χ0) is 35.3. The van der Waals surface area contributed by atoms with Crippen LogP contribution >= 0.6 is 0 Å². The monoisotopic (exact) mass is 704 g/mol. The second-order valence-electron chi connectivity index (χ2n) is 19.2. The minimum absolute atomic E-state index is 0.807. The molecule has 12 rings (SSSR count). The lowest BCUT2D eigenvalue weighted by Crippen LogP contribution is -2.28.